The molecule has 0 aromatic rings. The number of urea groups is 1. The van der Waals surface area contributed by atoms with Gasteiger partial charge in [-0.2, -0.15) is 0 Å². The zero-order valence-corrected chi connectivity index (χ0v) is 11.7. The van der Waals surface area contributed by atoms with Crippen molar-refractivity contribution in [3.05, 3.63) is 0 Å². The largest absolute Gasteiger partial charge is 0.338 e. The Hall–Kier alpha value is -0.730. The predicted octanol–water partition coefficient (Wildman–Crippen LogP) is 2.91. The molecule has 0 aromatic carbocycles. The van der Waals surface area contributed by atoms with E-state index in [-0.39, 0.29) is 6.03 Å². The highest BCUT2D eigenvalue weighted by Gasteiger charge is 2.53. The zero-order chi connectivity index (χ0) is 12.8. The van der Waals surface area contributed by atoms with Crippen molar-refractivity contribution in [3.8, 4) is 0 Å². The van der Waals surface area contributed by atoms with Gasteiger partial charge >= 0.3 is 6.03 Å². The predicted molar refractivity (Wildman–Crippen MR) is 72.3 cm³/mol. The molecule has 0 aromatic heterocycles. The molecular weight excluding hydrogens is 224 g/mol. The van der Waals surface area contributed by atoms with E-state index in [0.717, 1.165) is 17.8 Å². The van der Waals surface area contributed by atoms with Crippen LogP contribution in [0.25, 0.3) is 0 Å². The lowest BCUT2D eigenvalue weighted by atomic mass is 9.48. The second-order valence-corrected chi connectivity index (χ2v) is 7.01. The zero-order valence-electron chi connectivity index (χ0n) is 11.7. The molecule has 1 atom stereocenters. The van der Waals surface area contributed by atoms with Crippen LogP contribution in [0.4, 0.5) is 4.79 Å². The fraction of sp³-hybridized carbons (Fsp3) is 0.933. The first-order valence-corrected chi connectivity index (χ1v) is 7.65. The SMILES string of the molecule is CCNC(=O)N[C@@H](C)C12CC3CC(CC(C3)C1)C2. The molecule has 0 aliphatic heterocycles. The Kier molecular flexibility index (Phi) is 3.03. The van der Waals surface area contributed by atoms with Crippen molar-refractivity contribution in [2.45, 2.75) is 58.4 Å². The molecule has 4 saturated carbocycles. The quantitative estimate of drug-likeness (QED) is 0.794. The molecule has 4 bridgehead atoms. The minimum atomic E-state index is 0.0146. The van der Waals surface area contributed by atoms with Gasteiger partial charge < -0.3 is 10.6 Å². The van der Waals surface area contributed by atoms with Gasteiger partial charge in [0.2, 0.25) is 0 Å². The van der Waals surface area contributed by atoms with Crippen LogP contribution in [0, 0.1) is 23.2 Å². The van der Waals surface area contributed by atoms with Crippen LogP contribution in [0.15, 0.2) is 0 Å². The molecule has 4 aliphatic carbocycles. The number of carbonyl (C=O) groups is 1. The van der Waals surface area contributed by atoms with E-state index in [2.05, 4.69) is 17.6 Å². The summed E-state index contributed by atoms with van der Waals surface area (Å²) in [6.45, 7) is 4.90. The summed E-state index contributed by atoms with van der Waals surface area (Å²) >= 11 is 0. The Morgan fingerprint density at radius 2 is 1.67 bits per heavy atom. The van der Waals surface area contributed by atoms with Crippen molar-refractivity contribution in [3.63, 3.8) is 0 Å². The molecule has 0 spiro atoms. The van der Waals surface area contributed by atoms with Crippen LogP contribution >= 0.6 is 0 Å². The maximum absolute atomic E-state index is 11.7. The van der Waals surface area contributed by atoms with Gasteiger partial charge in [-0.25, -0.2) is 4.79 Å². The summed E-state index contributed by atoms with van der Waals surface area (Å²) in [6.07, 6.45) is 8.46. The van der Waals surface area contributed by atoms with Crippen LogP contribution in [0.3, 0.4) is 0 Å². The molecule has 4 fully saturated rings. The number of hydrogen-bond acceptors (Lipinski definition) is 1. The fourth-order valence-corrected chi connectivity index (χ4v) is 5.27. The second kappa shape index (κ2) is 4.43. The van der Waals surface area contributed by atoms with Crippen LogP contribution in [-0.4, -0.2) is 18.6 Å². The molecule has 18 heavy (non-hydrogen) atoms. The lowest BCUT2D eigenvalue weighted by Crippen LogP contribution is -2.57. The minimum Gasteiger partial charge on any atom is -0.338 e. The normalized spacial score (nSPS) is 42.7. The number of rotatable bonds is 3. The second-order valence-electron chi connectivity index (χ2n) is 7.01. The fourth-order valence-electron chi connectivity index (χ4n) is 5.27. The number of hydrogen-bond donors (Lipinski definition) is 2. The summed E-state index contributed by atoms with van der Waals surface area (Å²) in [7, 11) is 0. The molecule has 4 aliphatic rings. The van der Waals surface area contributed by atoms with Gasteiger partial charge in [-0.3, -0.25) is 0 Å². The molecule has 0 unspecified atom stereocenters. The molecule has 3 heteroatoms. The third-order valence-corrected chi connectivity index (χ3v) is 5.69. The van der Waals surface area contributed by atoms with E-state index in [1.807, 2.05) is 6.92 Å². The first kappa shape index (κ1) is 12.3. The van der Waals surface area contributed by atoms with Crippen LogP contribution in [0.2, 0.25) is 0 Å². The number of carbonyl (C=O) groups excluding carboxylic acids is 1. The van der Waals surface area contributed by atoms with Crippen molar-refractivity contribution < 1.29 is 4.79 Å². The molecule has 102 valence electrons. The van der Waals surface area contributed by atoms with E-state index in [9.17, 15) is 4.79 Å². The van der Waals surface area contributed by atoms with E-state index in [1.54, 1.807) is 0 Å². The maximum atomic E-state index is 11.7. The average molecular weight is 250 g/mol. The van der Waals surface area contributed by atoms with Crippen LogP contribution in [0.5, 0.6) is 0 Å². The molecule has 4 rings (SSSR count). The Morgan fingerprint density at radius 1 is 1.17 bits per heavy atom. The lowest BCUT2D eigenvalue weighted by molar-refractivity contribution is -0.0682. The van der Waals surface area contributed by atoms with Gasteiger partial charge in [0.1, 0.15) is 0 Å². The van der Waals surface area contributed by atoms with Crippen LogP contribution in [-0.2, 0) is 0 Å². The van der Waals surface area contributed by atoms with Gasteiger partial charge in [0.25, 0.3) is 0 Å². The Balaban J connectivity index is 1.69. The highest BCUT2D eigenvalue weighted by atomic mass is 16.2. The third-order valence-electron chi connectivity index (χ3n) is 5.69. The molecule has 0 radical (unpaired) electrons. The maximum Gasteiger partial charge on any atom is 0.315 e. The van der Waals surface area contributed by atoms with Crippen molar-refractivity contribution in [2.75, 3.05) is 6.54 Å². The first-order chi connectivity index (χ1) is 8.61. The molecule has 0 saturated heterocycles. The van der Waals surface area contributed by atoms with Gasteiger partial charge in [0.15, 0.2) is 0 Å². The van der Waals surface area contributed by atoms with Crippen molar-refractivity contribution in [1.29, 1.82) is 0 Å². The first-order valence-electron chi connectivity index (χ1n) is 7.65. The van der Waals surface area contributed by atoms with Gasteiger partial charge in [0, 0.05) is 12.6 Å². The topological polar surface area (TPSA) is 41.1 Å². The summed E-state index contributed by atoms with van der Waals surface area (Å²) in [5, 5.41) is 6.05. The third kappa shape index (κ3) is 2.02. The van der Waals surface area contributed by atoms with E-state index < -0.39 is 0 Å². The van der Waals surface area contributed by atoms with Crippen molar-refractivity contribution in [2.24, 2.45) is 23.2 Å². The smallest absolute Gasteiger partial charge is 0.315 e. The van der Waals surface area contributed by atoms with Gasteiger partial charge in [-0.15, -0.1) is 0 Å². The summed E-state index contributed by atoms with van der Waals surface area (Å²) < 4.78 is 0. The number of amides is 2. The van der Waals surface area contributed by atoms with Crippen molar-refractivity contribution >= 4 is 6.03 Å². The summed E-state index contributed by atoms with van der Waals surface area (Å²) in [4.78, 5) is 11.7. The molecule has 2 amide bonds. The molecule has 2 N–H and O–H groups in total. The van der Waals surface area contributed by atoms with E-state index in [4.69, 9.17) is 0 Å². The van der Waals surface area contributed by atoms with E-state index in [1.165, 1.54) is 38.5 Å². The Morgan fingerprint density at radius 3 is 2.11 bits per heavy atom. The highest BCUT2D eigenvalue weighted by molar-refractivity contribution is 5.74. The highest BCUT2D eigenvalue weighted by Crippen LogP contribution is 2.61. The standard InChI is InChI=1S/C15H26N2O/c1-3-16-14(18)17-10(2)15-7-11-4-12(8-15)6-13(5-11)9-15/h10-13H,3-9H2,1-2H3,(H2,16,17,18)/t10-,11?,12?,13?,15?/m0/s1. The summed E-state index contributed by atoms with van der Waals surface area (Å²) in [5.41, 5.74) is 0.416. The average Bonchev–Trinajstić information content (AvgIpc) is 2.27. The van der Waals surface area contributed by atoms with Gasteiger partial charge in [-0.05, 0) is 75.5 Å². The molecule has 3 nitrogen and oxygen atoms in total. The van der Waals surface area contributed by atoms with Gasteiger partial charge in [0.05, 0.1) is 0 Å². The van der Waals surface area contributed by atoms with E-state index in [0.29, 0.717) is 18.0 Å². The molecule has 0 heterocycles. The molecular formula is C15H26N2O. The Labute approximate surface area is 110 Å². The lowest BCUT2D eigenvalue weighted by Gasteiger charge is -2.59. The van der Waals surface area contributed by atoms with Crippen LogP contribution in [0.1, 0.15) is 52.4 Å². The van der Waals surface area contributed by atoms with Crippen LogP contribution < -0.4 is 10.6 Å². The van der Waals surface area contributed by atoms with Crippen molar-refractivity contribution in [1.82, 2.24) is 10.6 Å². The summed E-state index contributed by atoms with van der Waals surface area (Å²) in [5.74, 6) is 2.86. The minimum absolute atomic E-state index is 0.0146. The number of nitrogens with one attached hydrogen (secondary N) is 2. The summed E-state index contributed by atoms with van der Waals surface area (Å²) in [6, 6.07) is 0.346. The van der Waals surface area contributed by atoms with E-state index >= 15 is 0 Å². The monoisotopic (exact) mass is 250 g/mol. The van der Waals surface area contributed by atoms with Gasteiger partial charge in [-0.1, -0.05) is 0 Å². The Bertz CT molecular complexity index is 304.